The summed E-state index contributed by atoms with van der Waals surface area (Å²) in [4.78, 5) is 26.2. The van der Waals surface area contributed by atoms with Gasteiger partial charge in [-0.2, -0.15) is 0 Å². The molecule has 1 amide bonds. The smallest absolute Gasteiger partial charge is 0.307 e. The highest BCUT2D eigenvalue weighted by molar-refractivity contribution is 5.95. The number of amides is 1. The monoisotopic (exact) mass is 371 g/mol. The van der Waals surface area contributed by atoms with Crippen LogP contribution in [0.25, 0.3) is 0 Å². The molecule has 3 rings (SSSR count). The Kier molecular flexibility index (Phi) is 5.80. The minimum absolute atomic E-state index is 0.114. The number of hydrogen-bond donors (Lipinski definition) is 0. The van der Waals surface area contributed by atoms with Crippen LogP contribution in [0.4, 0.5) is 0 Å². The molecule has 0 N–H and O–H groups in total. The van der Waals surface area contributed by atoms with Gasteiger partial charge in [-0.3, -0.25) is 9.59 Å². The van der Waals surface area contributed by atoms with Gasteiger partial charge in [-0.15, -0.1) is 0 Å². The van der Waals surface area contributed by atoms with E-state index in [2.05, 4.69) is 0 Å². The van der Waals surface area contributed by atoms with Crippen LogP contribution >= 0.6 is 0 Å². The van der Waals surface area contributed by atoms with E-state index in [9.17, 15) is 9.59 Å². The van der Waals surface area contributed by atoms with Crippen LogP contribution in [0.2, 0.25) is 0 Å². The standard InChI is InChI=1S/C20H21NO6/c1-24-16-6-3-14(4-7-16)12-21(10-9-19(22)25-2)20(23)15-5-8-17-18(11-15)27-13-26-17/h3-8,11H,9-10,12-13H2,1-2H3. The minimum Gasteiger partial charge on any atom is -0.497 e. The van der Waals surface area contributed by atoms with Gasteiger partial charge in [-0.05, 0) is 35.9 Å². The number of ether oxygens (including phenoxy) is 4. The third kappa shape index (κ3) is 4.49. The zero-order valence-corrected chi connectivity index (χ0v) is 15.3. The van der Waals surface area contributed by atoms with Crippen LogP contribution in [0.15, 0.2) is 42.5 Å². The summed E-state index contributed by atoms with van der Waals surface area (Å²) < 4.78 is 20.5. The summed E-state index contributed by atoms with van der Waals surface area (Å²) in [6.07, 6.45) is 0.114. The van der Waals surface area contributed by atoms with Crippen molar-refractivity contribution in [2.24, 2.45) is 0 Å². The highest BCUT2D eigenvalue weighted by Gasteiger charge is 2.21. The zero-order valence-electron chi connectivity index (χ0n) is 15.3. The molecule has 27 heavy (non-hydrogen) atoms. The molecule has 0 bridgehead atoms. The predicted molar refractivity (Wildman–Crippen MR) is 96.9 cm³/mol. The van der Waals surface area contributed by atoms with Gasteiger partial charge in [0.1, 0.15) is 5.75 Å². The van der Waals surface area contributed by atoms with Crippen molar-refractivity contribution < 1.29 is 28.5 Å². The van der Waals surface area contributed by atoms with Crippen LogP contribution in [-0.4, -0.2) is 44.3 Å². The van der Waals surface area contributed by atoms with Crippen LogP contribution in [0.5, 0.6) is 17.2 Å². The first-order valence-corrected chi connectivity index (χ1v) is 8.49. The number of hydrogen-bond acceptors (Lipinski definition) is 6. The lowest BCUT2D eigenvalue weighted by atomic mass is 10.1. The normalized spacial score (nSPS) is 11.8. The van der Waals surface area contributed by atoms with Gasteiger partial charge in [-0.1, -0.05) is 12.1 Å². The highest BCUT2D eigenvalue weighted by Crippen LogP contribution is 2.33. The molecule has 7 heteroatoms. The third-order valence-corrected chi connectivity index (χ3v) is 4.25. The summed E-state index contributed by atoms with van der Waals surface area (Å²) in [7, 11) is 2.93. The number of nitrogens with zero attached hydrogens (tertiary/aromatic N) is 1. The summed E-state index contributed by atoms with van der Waals surface area (Å²) in [6.45, 7) is 0.741. The first kappa shape index (κ1) is 18.6. The number of fused-ring (bicyclic) bond motifs is 1. The van der Waals surface area contributed by atoms with Crippen molar-refractivity contribution in [3.05, 3.63) is 53.6 Å². The Bertz CT molecular complexity index is 818. The summed E-state index contributed by atoms with van der Waals surface area (Å²) in [6, 6.07) is 12.5. The fourth-order valence-electron chi connectivity index (χ4n) is 2.74. The topological polar surface area (TPSA) is 74.3 Å². The van der Waals surface area contributed by atoms with Crippen LogP contribution in [0.3, 0.4) is 0 Å². The van der Waals surface area contributed by atoms with Gasteiger partial charge >= 0.3 is 5.97 Å². The van der Waals surface area contributed by atoms with E-state index in [1.807, 2.05) is 24.3 Å². The molecule has 7 nitrogen and oxygen atoms in total. The van der Waals surface area contributed by atoms with Crippen LogP contribution in [0.1, 0.15) is 22.3 Å². The van der Waals surface area contributed by atoms with Crippen molar-refractivity contribution in [3.8, 4) is 17.2 Å². The number of carbonyl (C=O) groups excluding carboxylic acids is 2. The number of carbonyl (C=O) groups is 2. The molecule has 0 saturated carbocycles. The third-order valence-electron chi connectivity index (χ3n) is 4.25. The SMILES string of the molecule is COC(=O)CCN(Cc1ccc(OC)cc1)C(=O)c1ccc2c(c1)OCO2. The Morgan fingerprint density at radius 1 is 1.04 bits per heavy atom. The molecule has 0 fully saturated rings. The van der Waals surface area contributed by atoms with Gasteiger partial charge in [0, 0.05) is 18.7 Å². The average Bonchev–Trinajstić information content (AvgIpc) is 3.18. The van der Waals surface area contributed by atoms with E-state index in [1.54, 1.807) is 30.2 Å². The molecule has 1 aliphatic heterocycles. The highest BCUT2D eigenvalue weighted by atomic mass is 16.7. The van der Waals surface area contributed by atoms with Crippen molar-refractivity contribution in [2.45, 2.75) is 13.0 Å². The van der Waals surface area contributed by atoms with Crippen molar-refractivity contribution in [3.63, 3.8) is 0 Å². The molecule has 2 aromatic rings. The molecule has 0 spiro atoms. The molecule has 142 valence electrons. The Labute approximate surface area is 157 Å². The molecular weight excluding hydrogens is 350 g/mol. The van der Waals surface area contributed by atoms with Gasteiger partial charge in [0.25, 0.3) is 5.91 Å². The first-order chi connectivity index (χ1) is 13.1. The number of benzene rings is 2. The van der Waals surface area contributed by atoms with E-state index in [1.165, 1.54) is 7.11 Å². The molecule has 0 aromatic heterocycles. The van der Waals surface area contributed by atoms with Crippen LogP contribution in [0, 0.1) is 0 Å². The molecule has 1 heterocycles. The van der Waals surface area contributed by atoms with Gasteiger partial charge in [0.15, 0.2) is 11.5 Å². The Morgan fingerprint density at radius 2 is 1.78 bits per heavy atom. The summed E-state index contributed by atoms with van der Waals surface area (Å²) in [5.41, 5.74) is 1.40. The largest absolute Gasteiger partial charge is 0.497 e. The van der Waals surface area contributed by atoms with E-state index >= 15 is 0 Å². The molecule has 0 unspecified atom stereocenters. The second-order valence-electron chi connectivity index (χ2n) is 5.97. The quantitative estimate of drug-likeness (QED) is 0.697. The van der Waals surface area contributed by atoms with Gasteiger partial charge < -0.3 is 23.8 Å². The van der Waals surface area contributed by atoms with E-state index < -0.39 is 0 Å². The fraction of sp³-hybridized carbons (Fsp3) is 0.300. The summed E-state index contributed by atoms with van der Waals surface area (Å²) in [5.74, 6) is 1.32. The zero-order chi connectivity index (χ0) is 19.2. The van der Waals surface area contributed by atoms with Gasteiger partial charge in [-0.25, -0.2) is 0 Å². The molecule has 1 aliphatic rings. The molecule has 0 radical (unpaired) electrons. The second kappa shape index (κ2) is 8.44. The molecule has 0 atom stereocenters. The molecule has 0 aliphatic carbocycles. The molecule has 0 saturated heterocycles. The van der Waals surface area contributed by atoms with E-state index in [0.29, 0.717) is 23.6 Å². The number of methoxy groups -OCH3 is 2. The summed E-state index contributed by atoms with van der Waals surface area (Å²) in [5, 5.41) is 0. The van der Waals surface area contributed by atoms with E-state index in [-0.39, 0.29) is 31.6 Å². The summed E-state index contributed by atoms with van der Waals surface area (Å²) >= 11 is 0. The van der Waals surface area contributed by atoms with Crippen LogP contribution in [-0.2, 0) is 16.1 Å². The van der Waals surface area contributed by atoms with E-state index in [4.69, 9.17) is 18.9 Å². The fourth-order valence-corrected chi connectivity index (χ4v) is 2.74. The van der Waals surface area contributed by atoms with Crippen molar-refractivity contribution in [1.29, 1.82) is 0 Å². The number of esters is 1. The number of rotatable bonds is 7. The predicted octanol–water partition coefficient (Wildman–Crippen LogP) is 2.63. The van der Waals surface area contributed by atoms with Crippen molar-refractivity contribution in [2.75, 3.05) is 27.6 Å². The van der Waals surface area contributed by atoms with Crippen molar-refractivity contribution >= 4 is 11.9 Å². The molecule has 2 aromatic carbocycles. The first-order valence-electron chi connectivity index (χ1n) is 8.49. The lowest BCUT2D eigenvalue weighted by Crippen LogP contribution is -2.32. The maximum absolute atomic E-state index is 13.0. The van der Waals surface area contributed by atoms with Gasteiger partial charge in [0.2, 0.25) is 6.79 Å². The van der Waals surface area contributed by atoms with Gasteiger partial charge in [0.05, 0.1) is 20.6 Å². The van der Waals surface area contributed by atoms with E-state index in [0.717, 1.165) is 11.3 Å². The lowest BCUT2D eigenvalue weighted by molar-refractivity contribution is -0.140. The van der Waals surface area contributed by atoms with Crippen molar-refractivity contribution in [1.82, 2.24) is 4.90 Å². The maximum atomic E-state index is 13.0. The Morgan fingerprint density at radius 3 is 2.48 bits per heavy atom. The minimum atomic E-state index is -0.367. The Balaban J connectivity index is 1.79. The lowest BCUT2D eigenvalue weighted by Gasteiger charge is -2.23. The van der Waals surface area contributed by atoms with Crippen LogP contribution < -0.4 is 14.2 Å². The second-order valence-corrected chi connectivity index (χ2v) is 5.97. The Hall–Kier alpha value is -3.22. The maximum Gasteiger partial charge on any atom is 0.307 e. The average molecular weight is 371 g/mol. The molecular formula is C20H21NO6.